The summed E-state index contributed by atoms with van der Waals surface area (Å²) >= 11 is 0. The van der Waals surface area contributed by atoms with Gasteiger partial charge in [0.2, 0.25) is 0 Å². The molecule has 3 nitrogen and oxygen atoms in total. The van der Waals surface area contributed by atoms with Crippen LogP contribution in [0.2, 0.25) is 0 Å². The summed E-state index contributed by atoms with van der Waals surface area (Å²) in [6.45, 7) is 2.10. The quantitative estimate of drug-likeness (QED) is 0.577. The maximum Gasteiger partial charge on any atom is 0.169 e. The maximum absolute atomic E-state index is 10.0. The molecule has 4 aromatic carbocycles. The van der Waals surface area contributed by atoms with Crippen LogP contribution in [0.3, 0.4) is 0 Å². The minimum absolute atomic E-state index is 0.00678. The Morgan fingerprint density at radius 3 is 2.04 bits per heavy atom. The van der Waals surface area contributed by atoms with Crippen molar-refractivity contribution in [2.24, 2.45) is 0 Å². The average Bonchev–Trinajstić information content (AvgIpc) is 2.66. The number of methoxy groups -OCH3 is 2. The van der Waals surface area contributed by atoms with Crippen LogP contribution < -0.4 is 9.47 Å². The normalized spacial score (nSPS) is 11.4. The molecule has 4 aromatic rings. The van der Waals surface area contributed by atoms with Gasteiger partial charge in [-0.3, -0.25) is 0 Å². The highest BCUT2D eigenvalue weighted by Crippen LogP contribution is 2.51. The van der Waals surface area contributed by atoms with E-state index in [0.29, 0.717) is 5.75 Å². The van der Waals surface area contributed by atoms with Crippen molar-refractivity contribution in [1.82, 2.24) is 0 Å². The van der Waals surface area contributed by atoms with Gasteiger partial charge >= 0.3 is 0 Å². The van der Waals surface area contributed by atoms with E-state index in [4.69, 9.17) is 9.47 Å². The van der Waals surface area contributed by atoms with Crippen molar-refractivity contribution in [2.45, 2.75) is 13.5 Å². The van der Waals surface area contributed by atoms with Crippen LogP contribution in [0.1, 0.15) is 11.1 Å². The SMILES string of the molecule is COc1c(OC)c2c(C)c(c1-c1ccccc1)c1cccc2c1CO. The summed E-state index contributed by atoms with van der Waals surface area (Å²) in [5.41, 5.74) is 4.17. The van der Waals surface area contributed by atoms with Crippen LogP contribution in [0.25, 0.3) is 32.7 Å². The van der Waals surface area contributed by atoms with E-state index in [9.17, 15) is 5.11 Å². The molecule has 4 rings (SSSR count). The van der Waals surface area contributed by atoms with Gasteiger partial charge in [-0.2, -0.15) is 0 Å². The summed E-state index contributed by atoms with van der Waals surface area (Å²) in [7, 11) is 3.34. The van der Waals surface area contributed by atoms with E-state index < -0.39 is 0 Å². The van der Waals surface area contributed by atoms with Crippen LogP contribution in [0.5, 0.6) is 11.5 Å². The molecule has 0 heterocycles. The van der Waals surface area contributed by atoms with Crippen molar-refractivity contribution >= 4 is 21.5 Å². The standard InChI is InChI=1S/C22H20O3/c1-13-18-15-10-7-11-16(17(15)12-23)19(13)21(24-2)22(25-3)20(18)14-8-5-4-6-9-14/h4-11,23H,12H2,1-3H3. The van der Waals surface area contributed by atoms with Gasteiger partial charge in [-0.05, 0) is 39.8 Å². The number of benzene rings is 4. The third kappa shape index (κ3) is 2.09. The number of hydrogen-bond acceptors (Lipinski definition) is 3. The molecule has 0 fully saturated rings. The molecule has 0 aromatic heterocycles. The van der Waals surface area contributed by atoms with Crippen molar-refractivity contribution < 1.29 is 14.6 Å². The Hall–Kier alpha value is -2.78. The van der Waals surface area contributed by atoms with E-state index in [1.54, 1.807) is 14.2 Å². The van der Waals surface area contributed by atoms with Gasteiger partial charge in [0.25, 0.3) is 0 Å². The number of aryl methyl sites for hydroxylation is 1. The lowest BCUT2D eigenvalue weighted by Crippen LogP contribution is -2.02. The lowest BCUT2D eigenvalue weighted by atomic mass is 9.85. The molecule has 1 N–H and O–H groups in total. The summed E-state index contributed by atoms with van der Waals surface area (Å²) in [6, 6.07) is 16.3. The molecule has 25 heavy (non-hydrogen) atoms. The van der Waals surface area contributed by atoms with Crippen LogP contribution in [0, 0.1) is 6.92 Å². The Labute approximate surface area is 146 Å². The minimum Gasteiger partial charge on any atom is -0.492 e. The zero-order chi connectivity index (χ0) is 17.6. The van der Waals surface area contributed by atoms with E-state index in [1.807, 2.05) is 30.3 Å². The lowest BCUT2D eigenvalue weighted by molar-refractivity contribution is 0.284. The lowest BCUT2D eigenvalue weighted by Gasteiger charge is -2.24. The molecule has 0 aliphatic rings. The highest BCUT2D eigenvalue weighted by molar-refractivity contribution is 6.17. The van der Waals surface area contributed by atoms with Crippen LogP contribution in [-0.4, -0.2) is 19.3 Å². The first-order valence-electron chi connectivity index (χ1n) is 8.30. The number of aliphatic hydroxyl groups excluding tert-OH is 1. The van der Waals surface area contributed by atoms with E-state index in [2.05, 4.69) is 25.1 Å². The van der Waals surface area contributed by atoms with Crippen LogP contribution in [-0.2, 0) is 6.61 Å². The fourth-order valence-electron chi connectivity index (χ4n) is 3.98. The fourth-order valence-corrected chi connectivity index (χ4v) is 3.98. The van der Waals surface area contributed by atoms with Gasteiger partial charge in [0.05, 0.1) is 20.8 Å². The third-order valence-electron chi connectivity index (χ3n) is 5.00. The molecule has 0 radical (unpaired) electrons. The molecule has 0 aliphatic carbocycles. The molecule has 3 heteroatoms. The molecule has 0 unspecified atom stereocenters. The zero-order valence-electron chi connectivity index (χ0n) is 14.6. The third-order valence-corrected chi connectivity index (χ3v) is 5.00. The van der Waals surface area contributed by atoms with E-state index in [1.165, 1.54) is 0 Å². The predicted octanol–water partition coefficient (Wildman–Crippen LogP) is 4.92. The van der Waals surface area contributed by atoms with Gasteiger partial charge in [-0.1, -0.05) is 48.5 Å². The fraction of sp³-hybridized carbons (Fsp3) is 0.182. The highest BCUT2D eigenvalue weighted by Gasteiger charge is 2.25. The molecule has 0 spiro atoms. The van der Waals surface area contributed by atoms with Gasteiger partial charge in [0.15, 0.2) is 11.5 Å². The Morgan fingerprint density at radius 1 is 0.800 bits per heavy atom. The van der Waals surface area contributed by atoms with Crippen molar-refractivity contribution in [3.05, 3.63) is 59.7 Å². The monoisotopic (exact) mass is 332 g/mol. The topological polar surface area (TPSA) is 38.7 Å². The highest BCUT2D eigenvalue weighted by atomic mass is 16.5. The molecular weight excluding hydrogens is 312 g/mol. The molecule has 0 aliphatic heterocycles. The average molecular weight is 332 g/mol. The second kappa shape index (κ2) is 5.94. The van der Waals surface area contributed by atoms with Crippen molar-refractivity contribution in [1.29, 1.82) is 0 Å². The van der Waals surface area contributed by atoms with E-state index in [-0.39, 0.29) is 6.61 Å². The molecule has 0 atom stereocenters. The number of ether oxygens (including phenoxy) is 2. The first kappa shape index (κ1) is 15.7. The molecule has 0 saturated heterocycles. The van der Waals surface area contributed by atoms with Crippen LogP contribution in [0.4, 0.5) is 0 Å². The second-order valence-electron chi connectivity index (χ2n) is 6.17. The molecule has 0 amide bonds. The summed E-state index contributed by atoms with van der Waals surface area (Å²) < 4.78 is 11.6. The maximum atomic E-state index is 10.0. The first-order valence-corrected chi connectivity index (χ1v) is 8.30. The van der Waals surface area contributed by atoms with Crippen molar-refractivity contribution in [2.75, 3.05) is 14.2 Å². The number of fused-ring (bicyclic) bond motifs is 6. The summed E-state index contributed by atoms with van der Waals surface area (Å²) in [5, 5.41) is 14.2. The summed E-state index contributed by atoms with van der Waals surface area (Å²) in [5.74, 6) is 1.45. The van der Waals surface area contributed by atoms with Gasteiger partial charge in [-0.25, -0.2) is 0 Å². The smallest absolute Gasteiger partial charge is 0.169 e. The van der Waals surface area contributed by atoms with Crippen molar-refractivity contribution in [3.8, 4) is 22.6 Å². The Bertz CT molecular complexity index is 1050. The number of aliphatic hydroxyl groups is 1. The summed E-state index contributed by atoms with van der Waals surface area (Å²) in [6.07, 6.45) is 0. The largest absolute Gasteiger partial charge is 0.492 e. The Morgan fingerprint density at radius 2 is 1.44 bits per heavy atom. The van der Waals surface area contributed by atoms with Crippen LogP contribution >= 0.6 is 0 Å². The molecule has 0 saturated carbocycles. The van der Waals surface area contributed by atoms with Crippen LogP contribution in [0.15, 0.2) is 48.5 Å². The summed E-state index contributed by atoms with van der Waals surface area (Å²) in [4.78, 5) is 0. The molecular formula is C22H20O3. The Balaban J connectivity index is 2.33. The van der Waals surface area contributed by atoms with Crippen molar-refractivity contribution in [3.63, 3.8) is 0 Å². The second-order valence-corrected chi connectivity index (χ2v) is 6.17. The van der Waals surface area contributed by atoms with Gasteiger partial charge in [0.1, 0.15) is 0 Å². The van der Waals surface area contributed by atoms with Gasteiger partial charge in [0, 0.05) is 10.9 Å². The first-order chi connectivity index (χ1) is 12.2. The number of rotatable bonds is 4. The molecule has 126 valence electrons. The number of hydrogen-bond donors (Lipinski definition) is 1. The Kier molecular flexibility index (Phi) is 3.74. The van der Waals surface area contributed by atoms with Gasteiger partial charge < -0.3 is 14.6 Å². The minimum atomic E-state index is -0.00678. The predicted molar refractivity (Wildman–Crippen MR) is 102 cm³/mol. The molecule has 4 bridgehead atoms. The van der Waals surface area contributed by atoms with E-state index in [0.717, 1.165) is 49.5 Å². The van der Waals surface area contributed by atoms with E-state index >= 15 is 0 Å². The van der Waals surface area contributed by atoms with Gasteiger partial charge in [-0.15, -0.1) is 0 Å². The zero-order valence-corrected chi connectivity index (χ0v) is 14.6.